The topological polar surface area (TPSA) is 66.0 Å². The minimum atomic E-state index is -0.0160. The van der Waals surface area contributed by atoms with Gasteiger partial charge in [0, 0.05) is 12.1 Å². The molecule has 2 aromatic heterocycles. The van der Waals surface area contributed by atoms with Gasteiger partial charge in [0.25, 0.3) is 0 Å². The number of nitrogens with zero attached hydrogens (tertiary/aromatic N) is 3. The Labute approximate surface area is 113 Å². The molecule has 0 aromatic carbocycles. The molecule has 0 spiro atoms. The summed E-state index contributed by atoms with van der Waals surface area (Å²) in [5.74, 6) is 1.40. The highest BCUT2D eigenvalue weighted by Gasteiger charge is 2.07. The maximum atomic E-state index is 5.92. The molecule has 0 saturated carbocycles. The van der Waals surface area contributed by atoms with Gasteiger partial charge in [-0.25, -0.2) is 0 Å². The second-order valence-corrected chi connectivity index (χ2v) is 4.79. The van der Waals surface area contributed by atoms with Crippen molar-refractivity contribution < 1.29 is 4.74 Å². The molecule has 0 bridgehead atoms. The summed E-state index contributed by atoms with van der Waals surface area (Å²) in [7, 11) is 0. The number of ether oxygens (including phenoxy) is 1. The molecule has 19 heavy (non-hydrogen) atoms. The fourth-order valence-corrected chi connectivity index (χ4v) is 1.67. The first-order valence-corrected chi connectivity index (χ1v) is 6.53. The Hall–Kier alpha value is -1.88. The largest absolute Gasteiger partial charge is 0.452 e. The van der Waals surface area contributed by atoms with Crippen molar-refractivity contribution in [1.29, 1.82) is 0 Å². The number of hydrogen-bond acceptors (Lipinski definition) is 4. The summed E-state index contributed by atoms with van der Waals surface area (Å²) >= 11 is 0. The molecule has 0 fully saturated rings. The number of nitrogens with two attached hydrogens (primary N) is 1. The molecule has 5 heteroatoms. The Balaban J connectivity index is 2.06. The van der Waals surface area contributed by atoms with Crippen molar-refractivity contribution in [2.75, 3.05) is 0 Å². The zero-order valence-electron chi connectivity index (χ0n) is 11.6. The Kier molecular flexibility index (Phi) is 4.16. The molecule has 2 aromatic rings. The molecule has 0 aliphatic heterocycles. The van der Waals surface area contributed by atoms with E-state index in [1.165, 1.54) is 0 Å². The van der Waals surface area contributed by atoms with Gasteiger partial charge in [-0.1, -0.05) is 6.92 Å². The molecule has 2 heterocycles. The van der Waals surface area contributed by atoms with E-state index in [4.69, 9.17) is 10.5 Å². The summed E-state index contributed by atoms with van der Waals surface area (Å²) in [6.07, 6.45) is 6.13. The first-order chi connectivity index (χ1) is 9.10. The first kappa shape index (κ1) is 13.5. The number of aromatic nitrogens is 3. The molecule has 5 nitrogen and oxygen atoms in total. The summed E-state index contributed by atoms with van der Waals surface area (Å²) in [5, 5.41) is 4.22. The third-order valence-electron chi connectivity index (χ3n) is 2.92. The summed E-state index contributed by atoms with van der Waals surface area (Å²) in [6.45, 7) is 6.18. The van der Waals surface area contributed by atoms with Gasteiger partial charge in [-0.15, -0.1) is 0 Å². The van der Waals surface area contributed by atoms with Gasteiger partial charge in [0.05, 0.1) is 24.3 Å². The van der Waals surface area contributed by atoms with Crippen LogP contribution in [0.25, 0.3) is 0 Å². The molecule has 0 amide bonds. The van der Waals surface area contributed by atoms with E-state index in [0.717, 1.165) is 12.1 Å². The lowest BCUT2D eigenvalue weighted by Gasteiger charge is -2.08. The van der Waals surface area contributed by atoms with Crippen molar-refractivity contribution in [3.63, 3.8) is 0 Å². The molecule has 0 unspecified atom stereocenters. The van der Waals surface area contributed by atoms with E-state index < -0.39 is 0 Å². The van der Waals surface area contributed by atoms with Crippen LogP contribution in [0.2, 0.25) is 0 Å². The van der Waals surface area contributed by atoms with Crippen molar-refractivity contribution in [3.8, 4) is 11.5 Å². The predicted octanol–water partition coefficient (Wildman–Crippen LogP) is 3.06. The van der Waals surface area contributed by atoms with Gasteiger partial charge in [0.15, 0.2) is 5.75 Å². The summed E-state index contributed by atoms with van der Waals surface area (Å²) < 4.78 is 7.54. The van der Waals surface area contributed by atoms with Crippen LogP contribution in [0, 0.1) is 0 Å². The maximum Gasteiger partial charge on any atom is 0.165 e. The van der Waals surface area contributed by atoms with E-state index in [1.807, 2.05) is 29.9 Å². The van der Waals surface area contributed by atoms with Gasteiger partial charge < -0.3 is 10.5 Å². The molecular formula is C14H20N4O. The molecule has 2 rings (SSSR count). The smallest absolute Gasteiger partial charge is 0.165 e. The maximum absolute atomic E-state index is 5.92. The Morgan fingerprint density at radius 3 is 2.58 bits per heavy atom. The highest BCUT2D eigenvalue weighted by atomic mass is 16.5. The lowest BCUT2D eigenvalue weighted by molar-refractivity contribution is 0.474. The normalized spacial score (nSPS) is 12.7. The fourth-order valence-electron chi connectivity index (χ4n) is 1.67. The second kappa shape index (κ2) is 5.84. The van der Waals surface area contributed by atoms with Crippen molar-refractivity contribution in [2.45, 2.75) is 39.3 Å². The third kappa shape index (κ3) is 3.32. The highest BCUT2D eigenvalue weighted by Crippen LogP contribution is 2.22. The molecule has 0 saturated heterocycles. The Morgan fingerprint density at radius 2 is 2.05 bits per heavy atom. The number of hydrogen-bond donors (Lipinski definition) is 1. The van der Waals surface area contributed by atoms with Gasteiger partial charge in [0.1, 0.15) is 5.75 Å². The van der Waals surface area contributed by atoms with Crippen molar-refractivity contribution in [3.05, 3.63) is 36.4 Å². The Morgan fingerprint density at radius 1 is 1.26 bits per heavy atom. The quantitative estimate of drug-likeness (QED) is 0.897. The zero-order valence-corrected chi connectivity index (χ0v) is 11.6. The monoisotopic (exact) mass is 260 g/mol. The summed E-state index contributed by atoms with van der Waals surface area (Å²) in [5.41, 5.74) is 6.80. The van der Waals surface area contributed by atoms with Crippen LogP contribution >= 0.6 is 0 Å². The molecule has 0 aliphatic carbocycles. The fraction of sp³-hybridized carbons (Fsp3) is 0.429. The van der Waals surface area contributed by atoms with E-state index >= 15 is 0 Å². The van der Waals surface area contributed by atoms with E-state index in [9.17, 15) is 0 Å². The summed E-state index contributed by atoms with van der Waals surface area (Å²) in [6, 6.07) is 4.08. The van der Waals surface area contributed by atoms with Gasteiger partial charge in [-0.3, -0.25) is 9.67 Å². The molecule has 0 aliphatic rings. The van der Waals surface area contributed by atoms with E-state index in [1.54, 1.807) is 12.4 Å². The van der Waals surface area contributed by atoms with Crippen LogP contribution in [0.5, 0.6) is 11.5 Å². The van der Waals surface area contributed by atoms with Crippen LogP contribution < -0.4 is 10.5 Å². The molecule has 1 atom stereocenters. The first-order valence-electron chi connectivity index (χ1n) is 6.53. The Bertz CT molecular complexity index is 518. The molecule has 0 radical (unpaired) electrons. The van der Waals surface area contributed by atoms with E-state index in [2.05, 4.69) is 23.9 Å². The van der Waals surface area contributed by atoms with Gasteiger partial charge in [-0.2, -0.15) is 5.10 Å². The lowest BCUT2D eigenvalue weighted by Crippen LogP contribution is -2.10. The zero-order chi connectivity index (χ0) is 13.8. The lowest BCUT2D eigenvalue weighted by atomic mass is 10.1. The third-order valence-corrected chi connectivity index (χ3v) is 2.92. The van der Waals surface area contributed by atoms with Crippen LogP contribution in [-0.2, 0) is 0 Å². The number of pyridine rings is 1. The minimum absolute atomic E-state index is 0.0160. The van der Waals surface area contributed by atoms with Crippen LogP contribution in [0.15, 0.2) is 30.7 Å². The van der Waals surface area contributed by atoms with E-state index in [-0.39, 0.29) is 6.04 Å². The highest BCUT2D eigenvalue weighted by molar-refractivity contribution is 5.27. The van der Waals surface area contributed by atoms with Crippen molar-refractivity contribution >= 4 is 0 Å². The molecule has 102 valence electrons. The molecular weight excluding hydrogens is 240 g/mol. The van der Waals surface area contributed by atoms with E-state index in [0.29, 0.717) is 17.5 Å². The van der Waals surface area contributed by atoms with Crippen molar-refractivity contribution in [1.82, 2.24) is 14.8 Å². The SMILES string of the molecule is CC[C@H](N)c1ccc(Oc2cnn(C(C)C)c2)cn1. The van der Waals surface area contributed by atoms with Crippen LogP contribution in [0.3, 0.4) is 0 Å². The molecule has 2 N–H and O–H groups in total. The van der Waals surface area contributed by atoms with Gasteiger partial charge in [0.2, 0.25) is 0 Å². The van der Waals surface area contributed by atoms with Crippen LogP contribution in [-0.4, -0.2) is 14.8 Å². The van der Waals surface area contributed by atoms with Crippen LogP contribution in [0.1, 0.15) is 45.0 Å². The standard InChI is InChI=1S/C14H20N4O/c1-4-13(15)14-6-5-11(7-16-14)19-12-8-17-18(9-12)10(2)3/h5-10,13H,4,15H2,1-3H3/t13-/m0/s1. The average molecular weight is 260 g/mol. The second-order valence-electron chi connectivity index (χ2n) is 4.79. The average Bonchev–Trinajstić information content (AvgIpc) is 2.87. The van der Waals surface area contributed by atoms with Crippen LogP contribution in [0.4, 0.5) is 0 Å². The summed E-state index contributed by atoms with van der Waals surface area (Å²) in [4.78, 5) is 4.31. The van der Waals surface area contributed by atoms with Gasteiger partial charge in [-0.05, 0) is 32.4 Å². The van der Waals surface area contributed by atoms with Crippen molar-refractivity contribution in [2.24, 2.45) is 5.73 Å². The predicted molar refractivity (Wildman–Crippen MR) is 74.1 cm³/mol. The number of rotatable bonds is 5. The van der Waals surface area contributed by atoms with Gasteiger partial charge >= 0.3 is 0 Å². The minimum Gasteiger partial charge on any atom is -0.452 e.